The average Bonchev–Trinajstić information content (AvgIpc) is 2.85. The maximum Gasteiger partial charge on any atom is 0.316 e. The number of nitriles is 1. The van der Waals surface area contributed by atoms with E-state index in [2.05, 4.69) is 16.7 Å². The van der Waals surface area contributed by atoms with Crippen LogP contribution in [0.15, 0.2) is 0 Å². The zero-order valence-corrected chi connectivity index (χ0v) is 11.4. The summed E-state index contributed by atoms with van der Waals surface area (Å²) in [4.78, 5) is 12.0. The van der Waals surface area contributed by atoms with Crippen LogP contribution in [0.5, 0.6) is 0 Å². The third kappa shape index (κ3) is 4.10. The van der Waals surface area contributed by atoms with Crippen molar-refractivity contribution >= 4 is 6.03 Å². The van der Waals surface area contributed by atoms with E-state index in [0.717, 1.165) is 44.9 Å². The Kier molecular flexibility index (Phi) is 5.03. The maximum absolute atomic E-state index is 12.0. The fraction of sp³-hybridized carbons (Fsp3) is 0.857. The Morgan fingerprint density at radius 2 is 1.89 bits per heavy atom. The molecule has 1 saturated heterocycles. The largest absolute Gasteiger partial charge is 0.379 e. The minimum Gasteiger partial charge on any atom is -0.379 e. The van der Waals surface area contributed by atoms with Crippen molar-refractivity contribution in [2.45, 2.75) is 62.9 Å². The number of carbonyl (C=O) groups is 1. The molecule has 0 aromatic heterocycles. The van der Waals surface area contributed by atoms with Crippen LogP contribution in [0.2, 0.25) is 0 Å². The summed E-state index contributed by atoms with van der Waals surface area (Å²) >= 11 is 0. The first-order chi connectivity index (χ1) is 9.24. The minimum atomic E-state index is -0.677. The molecule has 2 N–H and O–H groups in total. The van der Waals surface area contributed by atoms with Crippen LogP contribution in [0.3, 0.4) is 0 Å². The predicted octanol–water partition coefficient (Wildman–Crippen LogP) is 2.08. The fourth-order valence-corrected chi connectivity index (χ4v) is 2.86. The second kappa shape index (κ2) is 6.76. The summed E-state index contributed by atoms with van der Waals surface area (Å²) in [7, 11) is 0. The van der Waals surface area contributed by atoms with Crippen molar-refractivity contribution in [3.05, 3.63) is 0 Å². The lowest BCUT2D eigenvalue weighted by Crippen LogP contribution is -2.53. The molecule has 0 spiro atoms. The highest BCUT2D eigenvalue weighted by Crippen LogP contribution is 2.25. The topological polar surface area (TPSA) is 74.2 Å². The van der Waals surface area contributed by atoms with E-state index in [4.69, 9.17) is 4.74 Å². The zero-order valence-electron chi connectivity index (χ0n) is 11.4. The van der Waals surface area contributed by atoms with E-state index in [1.807, 2.05) is 0 Å². The van der Waals surface area contributed by atoms with Gasteiger partial charge in [-0.05, 0) is 19.3 Å². The van der Waals surface area contributed by atoms with Crippen LogP contribution in [-0.2, 0) is 4.74 Å². The summed E-state index contributed by atoms with van der Waals surface area (Å²) in [6, 6.07) is 2.20. The molecule has 0 aromatic rings. The molecule has 1 atom stereocenters. The highest BCUT2D eigenvalue weighted by Gasteiger charge is 2.32. The van der Waals surface area contributed by atoms with E-state index in [0.29, 0.717) is 13.2 Å². The summed E-state index contributed by atoms with van der Waals surface area (Å²) in [5, 5.41) is 15.3. The summed E-state index contributed by atoms with van der Waals surface area (Å²) < 4.78 is 5.23. The molecule has 1 aliphatic carbocycles. The second-order valence-corrected chi connectivity index (χ2v) is 5.62. The summed E-state index contributed by atoms with van der Waals surface area (Å²) in [5.74, 6) is 0. The summed E-state index contributed by atoms with van der Waals surface area (Å²) in [6.07, 6.45) is 7.96. The molecule has 1 saturated carbocycles. The Balaban J connectivity index is 1.88. The van der Waals surface area contributed by atoms with Gasteiger partial charge in [0.2, 0.25) is 0 Å². The molecule has 2 amide bonds. The van der Waals surface area contributed by atoms with Gasteiger partial charge in [0, 0.05) is 6.61 Å². The number of carbonyl (C=O) groups excluding carboxylic acids is 1. The van der Waals surface area contributed by atoms with Crippen LogP contribution < -0.4 is 10.6 Å². The molecule has 1 heterocycles. The van der Waals surface area contributed by atoms with Gasteiger partial charge in [-0.2, -0.15) is 5.26 Å². The number of urea groups is 1. The fourth-order valence-electron chi connectivity index (χ4n) is 2.86. The first-order valence-electron chi connectivity index (χ1n) is 7.32. The molecular formula is C14H23N3O2. The Morgan fingerprint density at radius 1 is 1.21 bits per heavy atom. The number of hydrogen-bond acceptors (Lipinski definition) is 3. The van der Waals surface area contributed by atoms with Crippen molar-refractivity contribution in [1.82, 2.24) is 10.6 Å². The van der Waals surface area contributed by atoms with E-state index in [1.165, 1.54) is 6.42 Å². The van der Waals surface area contributed by atoms with Crippen molar-refractivity contribution in [1.29, 1.82) is 5.26 Å². The van der Waals surface area contributed by atoms with Gasteiger partial charge in [0.25, 0.3) is 0 Å². The molecule has 19 heavy (non-hydrogen) atoms. The van der Waals surface area contributed by atoms with E-state index < -0.39 is 5.54 Å². The SMILES string of the molecule is N#CC1(NC(=O)NC2CCOC2)CCCCCCC1. The van der Waals surface area contributed by atoms with Gasteiger partial charge < -0.3 is 15.4 Å². The number of amides is 2. The molecule has 0 radical (unpaired) electrons. The van der Waals surface area contributed by atoms with Gasteiger partial charge in [0.05, 0.1) is 18.7 Å². The molecule has 5 heteroatoms. The van der Waals surface area contributed by atoms with Crippen molar-refractivity contribution in [3.63, 3.8) is 0 Å². The van der Waals surface area contributed by atoms with Crippen molar-refractivity contribution < 1.29 is 9.53 Å². The lowest BCUT2D eigenvalue weighted by atomic mass is 9.85. The lowest BCUT2D eigenvalue weighted by Gasteiger charge is -2.30. The van der Waals surface area contributed by atoms with Crippen molar-refractivity contribution in [3.8, 4) is 6.07 Å². The van der Waals surface area contributed by atoms with Crippen LogP contribution in [-0.4, -0.2) is 30.8 Å². The zero-order chi connectivity index (χ0) is 13.6. The molecule has 0 aromatic carbocycles. The van der Waals surface area contributed by atoms with Crippen LogP contribution in [0.25, 0.3) is 0 Å². The highest BCUT2D eigenvalue weighted by atomic mass is 16.5. The van der Waals surface area contributed by atoms with Gasteiger partial charge >= 0.3 is 6.03 Å². The average molecular weight is 265 g/mol. The smallest absolute Gasteiger partial charge is 0.316 e. The molecule has 2 fully saturated rings. The first kappa shape index (κ1) is 14.1. The van der Waals surface area contributed by atoms with Crippen LogP contribution in [0.4, 0.5) is 4.79 Å². The van der Waals surface area contributed by atoms with Crippen LogP contribution in [0, 0.1) is 11.3 Å². The first-order valence-corrected chi connectivity index (χ1v) is 7.32. The van der Waals surface area contributed by atoms with E-state index in [9.17, 15) is 10.1 Å². The molecule has 2 rings (SSSR count). The second-order valence-electron chi connectivity index (χ2n) is 5.62. The molecule has 106 valence electrons. The molecule has 2 aliphatic rings. The highest BCUT2D eigenvalue weighted by molar-refractivity contribution is 5.75. The van der Waals surface area contributed by atoms with Crippen LogP contribution in [0.1, 0.15) is 51.4 Å². The van der Waals surface area contributed by atoms with Gasteiger partial charge in [-0.15, -0.1) is 0 Å². The normalized spacial score (nSPS) is 26.8. The van der Waals surface area contributed by atoms with Gasteiger partial charge in [-0.25, -0.2) is 4.79 Å². The Labute approximate surface area is 114 Å². The quantitative estimate of drug-likeness (QED) is 0.802. The summed E-state index contributed by atoms with van der Waals surface area (Å²) in [5.41, 5.74) is -0.677. The number of nitrogens with zero attached hydrogens (tertiary/aromatic N) is 1. The number of ether oxygens (including phenoxy) is 1. The Hall–Kier alpha value is -1.28. The van der Waals surface area contributed by atoms with E-state index in [1.54, 1.807) is 0 Å². The maximum atomic E-state index is 12.0. The molecular weight excluding hydrogens is 242 g/mol. The lowest BCUT2D eigenvalue weighted by molar-refractivity contribution is 0.186. The third-order valence-electron chi connectivity index (χ3n) is 4.04. The molecule has 1 aliphatic heterocycles. The number of rotatable bonds is 2. The third-order valence-corrected chi connectivity index (χ3v) is 4.04. The van der Waals surface area contributed by atoms with Gasteiger partial charge in [0.15, 0.2) is 0 Å². The monoisotopic (exact) mass is 265 g/mol. The van der Waals surface area contributed by atoms with Crippen molar-refractivity contribution in [2.24, 2.45) is 0 Å². The molecule has 1 unspecified atom stereocenters. The van der Waals surface area contributed by atoms with Gasteiger partial charge in [0.1, 0.15) is 5.54 Å². The van der Waals surface area contributed by atoms with E-state index in [-0.39, 0.29) is 12.1 Å². The molecule has 0 bridgehead atoms. The van der Waals surface area contributed by atoms with Crippen LogP contribution >= 0.6 is 0 Å². The van der Waals surface area contributed by atoms with Gasteiger partial charge in [-0.1, -0.05) is 32.1 Å². The molecule has 5 nitrogen and oxygen atoms in total. The van der Waals surface area contributed by atoms with Crippen molar-refractivity contribution in [2.75, 3.05) is 13.2 Å². The van der Waals surface area contributed by atoms with Gasteiger partial charge in [-0.3, -0.25) is 0 Å². The Bertz CT molecular complexity index is 337. The minimum absolute atomic E-state index is 0.0873. The standard InChI is InChI=1S/C14H23N3O2/c15-11-14(7-4-2-1-3-5-8-14)17-13(18)16-12-6-9-19-10-12/h12H,1-10H2,(H2,16,17,18). The summed E-state index contributed by atoms with van der Waals surface area (Å²) in [6.45, 7) is 1.28. The Morgan fingerprint density at radius 3 is 2.47 bits per heavy atom. The number of hydrogen-bond donors (Lipinski definition) is 2. The predicted molar refractivity (Wildman–Crippen MR) is 71.6 cm³/mol. The number of nitrogens with one attached hydrogen (secondary N) is 2. The van der Waals surface area contributed by atoms with E-state index >= 15 is 0 Å².